The fraction of sp³-hybridized carbons (Fsp3) is 1.00. The molecule has 0 saturated carbocycles. The molecule has 1 nitrogen and oxygen atoms in total. The normalized spacial score (nSPS) is 14.1. The molecule has 2 heteroatoms. The topological polar surface area (TPSA) is 3.24 Å². The number of thiol groups is 1. The standard InChI is InChI=1S/C8H19NS/c1-4-8(2)7-9(3)5-6-10/h8,10H,4-7H2,1-3H3. The molecule has 0 N–H and O–H groups in total. The second kappa shape index (κ2) is 6.05. The molecular formula is C8H19NS. The van der Waals surface area contributed by atoms with Crippen molar-refractivity contribution in [3.05, 3.63) is 0 Å². The van der Waals surface area contributed by atoms with E-state index in [0.717, 1.165) is 18.2 Å². The summed E-state index contributed by atoms with van der Waals surface area (Å²) in [5, 5.41) is 0. The van der Waals surface area contributed by atoms with Gasteiger partial charge in [-0.15, -0.1) is 0 Å². The molecule has 1 unspecified atom stereocenters. The quantitative estimate of drug-likeness (QED) is 0.603. The van der Waals surface area contributed by atoms with Crippen molar-refractivity contribution in [2.45, 2.75) is 20.3 Å². The molecule has 0 aromatic heterocycles. The van der Waals surface area contributed by atoms with Crippen molar-refractivity contribution in [3.8, 4) is 0 Å². The van der Waals surface area contributed by atoms with E-state index < -0.39 is 0 Å². The van der Waals surface area contributed by atoms with Gasteiger partial charge in [0.2, 0.25) is 0 Å². The van der Waals surface area contributed by atoms with Crippen LogP contribution < -0.4 is 0 Å². The van der Waals surface area contributed by atoms with E-state index in [1.807, 2.05) is 0 Å². The van der Waals surface area contributed by atoms with E-state index in [0.29, 0.717) is 0 Å². The predicted octanol–water partition coefficient (Wildman–Crippen LogP) is 1.89. The molecule has 0 aromatic rings. The zero-order valence-corrected chi connectivity index (χ0v) is 8.19. The van der Waals surface area contributed by atoms with Gasteiger partial charge in [-0.2, -0.15) is 12.6 Å². The van der Waals surface area contributed by atoms with Gasteiger partial charge in [0.25, 0.3) is 0 Å². The lowest BCUT2D eigenvalue weighted by atomic mass is 10.1. The highest BCUT2D eigenvalue weighted by Gasteiger charge is 2.01. The van der Waals surface area contributed by atoms with Crippen LogP contribution in [-0.2, 0) is 0 Å². The average Bonchev–Trinajstić information content (AvgIpc) is 1.88. The molecule has 0 spiro atoms. The van der Waals surface area contributed by atoms with E-state index in [-0.39, 0.29) is 0 Å². The van der Waals surface area contributed by atoms with Gasteiger partial charge in [-0.3, -0.25) is 0 Å². The largest absolute Gasteiger partial charge is 0.305 e. The summed E-state index contributed by atoms with van der Waals surface area (Å²) in [5.74, 6) is 1.79. The lowest BCUT2D eigenvalue weighted by Gasteiger charge is -2.18. The molecule has 1 atom stereocenters. The Morgan fingerprint density at radius 1 is 1.50 bits per heavy atom. The molecule has 0 heterocycles. The zero-order chi connectivity index (χ0) is 7.98. The summed E-state index contributed by atoms with van der Waals surface area (Å²) in [6.07, 6.45) is 1.27. The van der Waals surface area contributed by atoms with Crippen molar-refractivity contribution in [2.24, 2.45) is 5.92 Å². The molecule has 0 bridgehead atoms. The van der Waals surface area contributed by atoms with Crippen LogP contribution in [0.1, 0.15) is 20.3 Å². The first-order chi connectivity index (χ1) is 4.70. The van der Waals surface area contributed by atoms with E-state index in [2.05, 4.69) is 38.4 Å². The van der Waals surface area contributed by atoms with Crippen LogP contribution in [0.3, 0.4) is 0 Å². The van der Waals surface area contributed by atoms with Gasteiger partial charge in [-0.25, -0.2) is 0 Å². The van der Waals surface area contributed by atoms with Crippen LogP contribution in [0.2, 0.25) is 0 Å². The van der Waals surface area contributed by atoms with Gasteiger partial charge in [-0.05, 0) is 13.0 Å². The van der Waals surface area contributed by atoms with Crippen LogP contribution in [0.5, 0.6) is 0 Å². The Bertz CT molecular complexity index is 75.7. The molecule has 0 rings (SSSR count). The van der Waals surface area contributed by atoms with Gasteiger partial charge in [0, 0.05) is 18.8 Å². The summed E-state index contributed by atoms with van der Waals surface area (Å²) in [6, 6.07) is 0. The summed E-state index contributed by atoms with van der Waals surface area (Å²) in [7, 11) is 2.16. The third-order valence-electron chi connectivity index (χ3n) is 1.80. The highest BCUT2D eigenvalue weighted by molar-refractivity contribution is 7.80. The maximum Gasteiger partial charge on any atom is 0.00669 e. The Morgan fingerprint density at radius 2 is 2.10 bits per heavy atom. The van der Waals surface area contributed by atoms with Crippen molar-refractivity contribution < 1.29 is 0 Å². The maximum absolute atomic E-state index is 4.17. The highest BCUT2D eigenvalue weighted by Crippen LogP contribution is 2.01. The van der Waals surface area contributed by atoms with Crippen molar-refractivity contribution in [3.63, 3.8) is 0 Å². The Morgan fingerprint density at radius 3 is 2.50 bits per heavy atom. The Balaban J connectivity index is 3.27. The minimum Gasteiger partial charge on any atom is -0.305 e. The number of hydrogen-bond acceptors (Lipinski definition) is 2. The molecule has 0 radical (unpaired) electrons. The minimum absolute atomic E-state index is 0.824. The van der Waals surface area contributed by atoms with Crippen LogP contribution in [0.15, 0.2) is 0 Å². The molecule has 0 aliphatic rings. The van der Waals surface area contributed by atoms with Gasteiger partial charge in [-0.1, -0.05) is 20.3 Å². The minimum atomic E-state index is 0.824. The molecule has 0 fully saturated rings. The van der Waals surface area contributed by atoms with Crippen molar-refractivity contribution in [2.75, 3.05) is 25.9 Å². The third kappa shape index (κ3) is 5.12. The Labute approximate surface area is 70.2 Å². The fourth-order valence-corrected chi connectivity index (χ4v) is 1.26. The van der Waals surface area contributed by atoms with Crippen LogP contribution in [0.25, 0.3) is 0 Å². The molecule has 0 aliphatic carbocycles. The number of rotatable bonds is 5. The second-order valence-corrected chi connectivity index (χ2v) is 3.45. The first-order valence-corrected chi connectivity index (χ1v) is 4.63. The van der Waals surface area contributed by atoms with Crippen LogP contribution in [0, 0.1) is 5.92 Å². The van der Waals surface area contributed by atoms with Crippen molar-refractivity contribution >= 4 is 12.6 Å². The van der Waals surface area contributed by atoms with Gasteiger partial charge in [0.15, 0.2) is 0 Å². The van der Waals surface area contributed by atoms with E-state index in [9.17, 15) is 0 Å². The van der Waals surface area contributed by atoms with Gasteiger partial charge >= 0.3 is 0 Å². The first kappa shape index (κ1) is 10.3. The van der Waals surface area contributed by atoms with Crippen LogP contribution in [-0.4, -0.2) is 30.8 Å². The lowest BCUT2D eigenvalue weighted by Crippen LogP contribution is -2.25. The van der Waals surface area contributed by atoms with Gasteiger partial charge < -0.3 is 4.90 Å². The van der Waals surface area contributed by atoms with Gasteiger partial charge in [0.05, 0.1) is 0 Å². The average molecular weight is 161 g/mol. The molecule has 62 valence electrons. The lowest BCUT2D eigenvalue weighted by molar-refractivity contribution is 0.297. The van der Waals surface area contributed by atoms with Crippen molar-refractivity contribution in [1.29, 1.82) is 0 Å². The highest BCUT2D eigenvalue weighted by atomic mass is 32.1. The van der Waals surface area contributed by atoms with E-state index in [1.165, 1.54) is 13.0 Å². The summed E-state index contributed by atoms with van der Waals surface area (Å²) in [4.78, 5) is 2.33. The summed E-state index contributed by atoms with van der Waals surface area (Å²) >= 11 is 4.17. The van der Waals surface area contributed by atoms with E-state index in [1.54, 1.807) is 0 Å². The van der Waals surface area contributed by atoms with Gasteiger partial charge in [0.1, 0.15) is 0 Å². The summed E-state index contributed by atoms with van der Waals surface area (Å²) in [5.41, 5.74) is 0. The molecule has 0 amide bonds. The number of hydrogen-bond donors (Lipinski definition) is 1. The molecule has 0 aliphatic heterocycles. The van der Waals surface area contributed by atoms with E-state index >= 15 is 0 Å². The van der Waals surface area contributed by atoms with E-state index in [4.69, 9.17) is 0 Å². The third-order valence-corrected chi connectivity index (χ3v) is 2.00. The molecular weight excluding hydrogens is 142 g/mol. The SMILES string of the molecule is CCC(C)CN(C)CCS. The molecule has 10 heavy (non-hydrogen) atoms. The predicted molar refractivity (Wildman–Crippen MR) is 50.8 cm³/mol. The Hall–Kier alpha value is 0.310. The Kier molecular flexibility index (Phi) is 6.24. The maximum atomic E-state index is 4.17. The van der Waals surface area contributed by atoms with Crippen molar-refractivity contribution in [1.82, 2.24) is 4.90 Å². The summed E-state index contributed by atoms with van der Waals surface area (Å²) in [6.45, 7) is 6.83. The van der Waals surface area contributed by atoms with Crippen LogP contribution >= 0.6 is 12.6 Å². The van der Waals surface area contributed by atoms with Crippen LogP contribution in [0.4, 0.5) is 0 Å². The fourth-order valence-electron chi connectivity index (χ4n) is 0.923. The summed E-state index contributed by atoms with van der Waals surface area (Å²) < 4.78 is 0. The molecule has 0 saturated heterocycles. The molecule has 0 aromatic carbocycles. The monoisotopic (exact) mass is 161 g/mol. The zero-order valence-electron chi connectivity index (χ0n) is 7.30. The second-order valence-electron chi connectivity index (χ2n) is 3.00. The number of nitrogens with zero attached hydrogens (tertiary/aromatic N) is 1. The smallest absolute Gasteiger partial charge is 0.00669 e. The first-order valence-electron chi connectivity index (χ1n) is 4.00.